The predicted octanol–water partition coefficient (Wildman–Crippen LogP) is 1.38. The van der Waals surface area contributed by atoms with E-state index >= 15 is 0 Å². The molecule has 0 bridgehead atoms. The molecule has 0 aromatic carbocycles. The zero-order chi connectivity index (χ0) is 11.0. The molecule has 84 valence electrons. The van der Waals surface area contributed by atoms with Crippen LogP contribution in [0, 0.1) is 0 Å². The number of hydrogen-bond donors (Lipinski definition) is 0. The lowest BCUT2D eigenvalue weighted by Crippen LogP contribution is -2.16. The van der Waals surface area contributed by atoms with Gasteiger partial charge in [0.1, 0.15) is 6.10 Å². The van der Waals surface area contributed by atoms with Crippen LogP contribution < -0.4 is 0 Å². The molecule has 0 spiro atoms. The Labute approximate surface area is 87.3 Å². The summed E-state index contributed by atoms with van der Waals surface area (Å²) in [6.45, 7) is 3.91. The molecule has 14 heavy (non-hydrogen) atoms. The van der Waals surface area contributed by atoms with Crippen molar-refractivity contribution in [2.24, 2.45) is 0 Å². The molecule has 0 radical (unpaired) electrons. The molecule has 0 heterocycles. The van der Waals surface area contributed by atoms with E-state index in [4.69, 9.17) is 4.74 Å². The van der Waals surface area contributed by atoms with Gasteiger partial charge in [-0.3, -0.25) is 9.00 Å². The van der Waals surface area contributed by atoms with Crippen LogP contribution in [0.3, 0.4) is 0 Å². The molecule has 0 saturated heterocycles. The monoisotopic (exact) mass is 221 g/mol. The maximum atomic E-state index is 11.1. The molecule has 0 amide bonds. The van der Waals surface area contributed by atoms with Crippen LogP contribution in [0.15, 0.2) is 0 Å². The molecule has 0 fully saturated rings. The second-order valence-electron chi connectivity index (χ2n) is 3.04. The van der Waals surface area contributed by atoms with E-state index in [-0.39, 0.29) is 24.2 Å². The van der Waals surface area contributed by atoms with E-state index in [0.29, 0.717) is 6.42 Å². The van der Waals surface area contributed by atoms with E-state index in [1.807, 2.05) is 13.8 Å². The van der Waals surface area contributed by atoms with Crippen molar-refractivity contribution >= 4 is 17.0 Å². The van der Waals surface area contributed by atoms with E-state index in [9.17, 15) is 13.6 Å². The van der Waals surface area contributed by atoms with Crippen molar-refractivity contribution in [1.82, 2.24) is 0 Å². The molecule has 0 aliphatic heterocycles. The molecular weight excluding hydrogens is 204 g/mol. The van der Waals surface area contributed by atoms with Crippen LogP contribution >= 0.6 is 0 Å². The fraction of sp³-hybridized carbons (Fsp3) is 0.889. The minimum atomic E-state index is -2.06. The van der Waals surface area contributed by atoms with Gasteiger partial charge in [0.2, 0.25) is 0 Å². The van der Waals surface area contributed by atoms with Crippen LogP contribution in [0.5, 0.6) is 0 Å². The Morgan fingerprint density at radius 2 is 2.00 bits per heavy atom. The van der Waals surface area contributed by atoms with Gasteiger partial charge in [-0.1, -0.05) is 24.9 Å². The second-order valence-corrected chi connectivity index (χ2v) is 4.06. The fourth-order valence-electron chi connectivity index (χ4n) is 1.03. The standard InChI is InChI=1S/C9H18O4S/c1-3-8(4-2)13-9(10)6-5-7-14(11)12/h8H,3-7H2,1-2H3,(H,11,12)/p-1. The average Bonchev–Trinajstić information content (AvgIpc) is 2.13. The van der Waals surface area contributed by atoms with Gasteiger partial charge >= 0.3 is 5.97 Å². The Bertz CT molecular complexity index is 189. The fourth-order valence-corrected chi connectivity index (χ4v) is 1.41. The summed E-state index contributed by atoms with van der Waals surface area (Å²) in [6, 6.07) is 0. The number of esters is 1. The highest BCUT2D eigenvalue weighted by Gasteiger charge is 2.09. The molecule has 5 heteroatoms. The highest BCUT2D eigenvalue weighted by atomic mass is 32.2. The molecular formula is C9H17O4S-. The summed E-state index contributed by atoms with van der Waals surface area (Å²) in [4.78, 5) is 11.1. The number of carbonyl (C=O) groups excluding carboxylic acids is 1. The van der Waals surface area contributed by atoms with Gasteiger partial charge in [-0.15, -0.1) is 0 Å². The lowest BCUT2D eigenvalue weighted by Gasteiger charge is -2.13. The predicted molar refractivity (Wildman–Crippen MR) is 53.5 cm³/mol. The highest BCUT2D eigenvalue weighted by molar-refractivity contribution is 7.79. The van der Waals surface area contributed by atoms with Crippen LogP contribution in [0.4, 0.5) is 0 Å². The van der Waals surface area contributed by atoms with Gasteiger partial charge in [-0.2, -0.15) is 0 Å². The normalized spacial score (nSPS) is 12.9. The van der Waals surface area contributed by atoms with E-state index in [1.165, 1.54) is 0 Å². The van der Waals surface area contributed by atoms with Crippen molar-refractivity contribution in [3.8, 4) is 0 Å². The number of rotatable bonds is 7. The Morgan fingerprint density at radius 3 is 2.43 bits per heavy atom. The molecule has 0 aliphatic carbocycles. The molecule has 0 saturated carbocycles. The van der Waals surface area contributed by atoms with Crippen LogP contribution in [-0.2, 0) is 20.6 Å². The van der Waals surface area contributed by atoms with Gasteiger partial charge in [-0.25, -0.2) is 0 Å². The third-order valence-electron chi connectivity index (χ3n) is 1.90. The number of ether oxygens (including phenoxy) is 1. The van der Waals surface area contributed by atoms with Gasteiger partial charge in [0.05, 0.1) is 0 Å². The first kappa shape index (κ1) is 13.6. The van der Waals surface area contributed by atoms with Crippen molar-refractivity contribution in [2.45, 2.75) is 45.6 Å². The topological polar surface area (TPSA) is 66.4 Å². The number of hydrogen-bond acceptors (Lipinski definition) is 4. The molecule has 4 nitrogen and oxygen atoms in total. The van der Waals surface area contributed by atoms with Gasteiger partial charge in [0, 0.05) is 12.2 Å². The third-order valence-corrected chi connectivity index (χ3v) is 2.52. The first-order valence-corrected chi connectivity index (χ1v) is 6.09. The molecule has 0 aromatic rings. The molecule has 1 atom stereocenters. The van der Waals surface area contributed by atoms with Crippen LogP contribution in [0.25, 0.3) is 0 Å². The summed E-state index contributed by atoms with van der Waals surface area (Å²) in [5.41, 5.74) is 0. The largest absolute Gasteiger partial charge is 0.772 e. The summed E-state index contributed by atoms with van der Waals surface area (Å²) in [7, 11) is 0. The van der Waals surface area contributed by atoms with Crippen molar-refractivity contribution in [1.29, 1.82) is 0 Å². The second kappa shape index (κ2) is 7.94. The van der Waals surface area contributed by atoms with E-state index in [2.05, 4.69) is 0 Å². The molecule has 0 aliphatic rings. The van der Waals surface area contributed by atoms with Gasteiger partial charge in [0.25, 0.3) is 0 Å². The zero-order valence-electron chi connectivity index (χ0n) is 8.65. The van der Waals surface area contributed by atoms with Crippen molar-refractivity contribution < 1.29 is 18.3 Å². The Balaban J connectivity index is 3.59. The molecule has 0 N–H and O–H groups in total. The zero-order valence-corrected chi connectivity index (χ0v) is 9.47. The first-order chi connectivity index (χ1) is 6.60. The maximum absolute atomic E-state index is 11.1. The summed E-state index contributed by atoms with van der Waals surface area (Å²) >= 11 is -2.06. The molecule has 0 aromatic heterocycles. The molecule has 1 unspecified atom stereocenters. The Morgan fingerprint density at radius 1 is 1.43 bits per heavy atom. The van der Waals surface area contributed by atoms with Crippen molar-refractivity contribution in [2.75, 3.05) is 5.75 Å². The third kappa shape index (κ3) is 7.03. The minimum Gasteiger partial charge on any atom is -0.772 e. The minimum absolute atomic E-state index is 0.0258. The summed E-state index contributed by atoms with van der Waals surface area (Å²) < 4.78 is 25.4. The van der Waals surface area contributed by atoms with Gasteiger partial charge in [-0.05, 0) is 19.3 Å². The Kier molecular flexibility index (Phi) is 7.70. The summed E-state index contributed by atoms with van der Waals surface area (Å²) in [5.74, 6) is -0.276. The van der Waals surface area contributed by atoms with E-state index < -0.39 is 11.1 Å². The van der Waals surface area contributed by atoms with Gasteiger partial charge < -0.3 is 9.29 Å². The number of carbonyl (C=O) groups is 1. The van der Waals surface area contributed by atoms with Crippen LogP contribution in [0.1, 0.15) is 39.5 Å². The lowest BCUT2D eigenvalue weighted by molar-refractivity contribution is -0.149. The van der Waals surface area contributed by atoms with Crippen molar-refractivity contribution in [3.05, 3.63) is 0 Å². The maximum Gasteiger partial charge on any atom is 0.306 e. The van der Waals surface area contributed by atoms with Gasteiger partial charge in [0.15, 0.2) is 0 Å². The SMILES string of the molecule is CCC(CC)OC(=O)CCCS(=O)[O-]. The smallest absolute Gasteiger partial charge is 0.306 e. The first-order valence-electron chi connectivity index (χ1n) is 4.85. The Hall–Kier alpha value is -0.420. The van der Waals surface area contributed by atoms with Crippen LogP contribution in [-0.4, -0.2) is 26.6 Å². The van der Waals surface area contributed by atoms with E-state index in [1.54, 1.807) is 0 Å². The van der Waals surface area contributed by atoms with Crippen molar-refractivity contribution in [3.63, 3.8) is 0 Å². The average molecular weight is 221 g/mol. The highest BCUT2D eigenvalue weighted by Crippen LogP contribution is 2.05. The molecule has 0 rings (SSSR count). The quantitative estimate of drug-likeness (QED) is 0.481. The lowest BCUT2D eigenvalue weighted by atomic mass is 10.2. The summed E-state index contributed by atoms with van der Waals surface area (Å²) in [5, 5.41) is 0. The summed E-state index contributed by atoms with van der Waals surface area (Å²) in [6.07, 6.45) is 2.10. The van der Waals surface area contributed by atoms with Crippen LogP contribution in [0.2, 0.25) is 0 Å². The van der Waals surface area contributed by atoms with E-state index in [0.717, 1.165) is 12.8 Å².